The van der Waals surface area contributed by atoms with E-state index in [9.17, 15) is 13.2 Å². The maximum absolute atomic E-state index is 11.7. The van der Waals surface area contributed by atoms with Crippen LogP contribution in [0.15, 0.2) is 12.7 Å². The van der Waals surface area contributed by atoms with Gasteiger partial charge in [0.1, 0.15) is 6.54 Å². The average Bonchev–Trinajstić information content (AvgIpc) is 2.16. The molecule has 0 saturated carbocycles. The Bertz CT molecular complexity index is 325. The van der Waals surface area contributed by atoms with E-state index < -0.39 is 22.5 Å². The first-order chi connectivity index (χ1) is 7.44. The number of nitrogens with zero attached hydrogens (tertiary/aromatic N) is 1. The van der Waals surface area contributed by atoms with E-state index in [1.54, 1.807) is 6.92 Å². The van der Waals surface area contributed by atoms with E-state index in [-0.39, 0.29) is 18.9 Å². The van der Waals surface area contributed by atoms with Crippen molar-refractivity contribution in [1.82, 2.24) is 4.31 Å². The van der Waals surface area contributed by atoms with Crippen molar-refractivity contribution in [3.8, 4) is 0 Å². The second-order valence-electron chi connectivity index (χ2n) is 2.99. The summed E-state index contributed by atoms with van der Waals surface area (Å²) >= 11 is 0. The number of hydrogen-bond donors (Lipinski definition) is 1. The number of carbonyl (C=O) groups is 1. The van der Waals surface area contributed by atoms with Crippen molar-refractivity contribution in [1.29, 1.82) is 0 Å². The summed E-state index contributed by atoms with van der Waals surface area (Å²) in [6.07, 6.45) is 1.35. The molecule has 0 atom stereocenters. The highest BCUT2D eigenvalue weighted by Crippen LogP contribution is 2.01. The zero-order valence-electron chi connectivity index (χ0n) is 9.26. The molecular weight excluding hydrogens is 234 g/mol. The molecule has 0 aliphatic carbocycles. The highest BCUT2D eigenvalue weighted by molar-refractivity contribution is 7.89. The Balaban J connectivity index is 4.49. The summed E-state index contributed by atoms with van der Waals surface area (Å²) in [7, 11) is -3.60. The van der Waals surface area contributed by atoms with Gasteiger partial charge in [0.05, 0.1) is 12.4 Å². The molecular formula is C9H17NO5S. The Labute approximate surface area is 95.6 Å². The average molecular weight is 251 g/mol. The van der Waals surface area contributed by atoms with Crippen molar-refractivity contribution >= 4 is 16.0 Å². The Kier molecular flexibility index (Phi) is 6.95. The first-order valence-corrected chi connectivity index (χ1v) is 6.43. The SMILES string of the molecule is C=CCN(CC(=O)O)S(=O)(=O)CCOCC. The normalized spacial score (nSPS) is 11.6. The third kappa shape index (κ3) is 5.84. The van der Waals surface area contributed by atoms with Crippen molar-refractivity contribution < 1.29 is 23.1 Å². The van der Waals surface area contributed by atoms with Crippen LogP contribution in [0.3, 0.4) is 0 Å². The summed E-state index contributed by atoms with van der Waals surface area (Å²) in [5, 5.41) is 8.57. The van der Waals surface area contributed by atoms with Crippen molar-refractivity contribution in [3.05, 3.63) is 12.7 Å². The fourth-order valence-corrected chi connectivity index (χ4v) is 2.24. The van der Waals surface area contributed by atoms with Crippen molar-refractivity contribution in [3.63, 3.8) is 0 Å². The van der Waals surface area contributed by atoms with E-state index in [2.05, 4.69) is 6.58 Å². The molecule has 0 spiro atoms. The lowest BCUT2D eigenvalue weighted by Gasteiger charge is -2.18. The Hall–Kier alpha value is -0.920. The molecule has 0 heterocycles. The van der Waals surface area contributed by atoms with Crippen LogP contribution >= 0.6 is 0 Å². The standard InChI is InChI=1S/C9H17NO5S/c1-3-5-10(8-9(11)12)16(13,14)7-6-15-4-2/h3H,1,4-8H2,2H3,(H,11,12). The van der Waals surface area contributed by atoms with Crippen LogP contribution in [0.2, 0.25) is 0 Å². The summed E-state index contributed by atoms with van der Waals surface area (Å²) in [6.45, 7) is 5.06. The topological polar surface area (TPSA) is 83.9 Å². The minimum atomic E-state index is -3.60. The number of rotatable bonds is 9. The zero-order valence-corrected chi connectivity index (χ0v) is 10.1. The van der Waals surface area contributed by atoms with Crippen LogP contribution in [0.4, 0.5) is 0 Å². The van der Waals surface area contributed by atoms with Gasteiger partial charge in [-0.2, -0.15) is 4.31 Å². The summed E-state index contributed by atoms with van der Waals surface area (Å²) in [5.74, 6) is -1.41. The van der Waals surface area contributed by atoms with Gasteiger partial charge in [0, 0.05) is 13.2 Å². The smallest absolute Gasteiger partial charge is 0.318 e. The van der Waals surface area contributed by atoms with Gasteiger partial charge in [-0.15, -0.1) is 6.58 Å². The van der Waals surface area contributed by atoms with E-state index in [1.165, 1.54) is 6.08 Å². The zero-order chi connectivity index (χ0) is 12.6. The Morgan fingerprint density at radius 1 is 1.56 bits per heavy atom. The molecule has 0 saturated heterocycles. The molecule has 0 amide bonds. The van der Waals surface area contributed by atoms with E-state index in [0.29, 0.717) is 6.61 Å². The largest absolute Gasteiger partial charge is 0.480 e. The lowest BCUT2D eigenvalue weighted by molar-refractivity contribution is -0.137. The minimum absolute atomic E-state index is 0.0131. The molecule has 0 aliphatic heterocycles. The lowest BCUT2D eigenvalue weighted by Crippen LogP contribution is -2.38. The fraction of sp³-hybridized carbons (Fsp3) is 0.667. The van der Waals surface area contributed by atoms with Gasteiger partial charge in [-0.05, 0) is 6.92 Å². The molecule has 0 unspecified atom stereocenters. The Morgan fingerprint density at radius 2 is 2.19 bits per heavy atom. The first kappa shape index (κ1) is 15.1. The number of hydrogen-bond acceptors (Lipinski definition) is 4. The number of aliphatic carboxylic acids is 1. The van der Waals surface area contributed by atoms with Crippen molar-refractivity contribution in [2.24, 2.45) is 0 Å². The van der Waals surface area contributed by atoms with Crippen LogP contribution in [0.1, 0.15) is 6.92 Å². The molecule has 0 fully saturated rings. The molecule has 0 aromatic carbocycles. The monoisotopic (exact) mass is 251 g/mol. The molecule has 1 N–H and O–H groups in total. The van der Waals surface area contributed by atoms with Gasteiger partial charge in [-0.25, -0.2) is 8.42 Å². The van der Waals surface area contributed by atoms with E-state index in [0.717, 1.165) is 4.31 Å². The summed E-state index contributed by atoms with van der Waals surface area (Å²) in [5.41, 5.74) is 0. The predicted octanol–water partition coefficient (Wildman–Crippen LogP) is -0.0747. The second-order valence-corrected chi connectivity index (χ2v) is 5.08. The molecule has 16 heavy (non-hydrogen) atoms. The van der Waals surface area contributed by atoms with Gasteiger partial charge in [-0.1, -0.05) is 6.08 Å². The lowest BCUT2D eigenvalue weighted by atomic mass is 10.6. The molecule has 6 nitrogen and oxygen atoms in total. The third-order valence-corrected chi connectivity index (χ3v) is 3.48. The van der Waals surface area contributed by atoms with E-state index >= 15 is 0 Å². The molecule has 0 aromatic heterocycles. The van der Waals surface area contributed by atoms with E-state index in [4.69, 9.17) is 9.84 Å². The van der Waals surface area contributed by atoms with Gasteiger partial charge in [0.2, 0.25) is 10.0 Å². The number of sulfonamides is 1. The molecule has 7 heteroatoms. The fourth-order valence-electron chi connectivity index (χ4n) is 1.01. The summed E-state index contributed by atoms with van der Waals surface area (Å²) in [6, 6.07) is 0. The predicted molar refractivity (Wildman–Crippen MR) is 59.7 cm³/mol. The van der Waals surface area contributed by atoms with Gasteiger partial charge < -0.3 is 9.84 Å². The van der Waals surface area contributed by atoms with Crippen molar-refractivity contribution in [2.75, 3.05) is 32.1 Å². The third-order valence-electron chi connectivity index (χ3n) is 1.73. The van der Waals surface area contributed by atoms with Crippen LogP contribution in [0.25, 0.3) is 0 Å². The second kappa shape index (κ2) is 7.37. The number of carboxylic acids is 1. The maximum Gasteiger partial charge on any atom is 0.318 e. The highest BCUT2D eigenvalue weighted by Gasteiger charge is 2.22. The number of ether oxygens (including phenoxy) is 1. The maximum atomic E-state index is 11.7. The molecule has 0 aliphatic rings. The van der Waals surface area contributed by atoms with Crippen LogP contribution in [0.5, 0.6) is 0 Å². The van der Waals surface area contributed by atoms with Gasteiger partial charge >= 0.3 is 5.97 Å². The van der Waals surface area contributed by atoms with Gasteiger partial charge in [0.15, 0.2) is 0 Å². The molecule has 0 bridgehead atoms. The van der Waals surface area contributed by atoms with Gasteiger partial charge in [-0.3, -0.25) is 4.79 Å². The first-order valence-electron chi connectivity index (χ1n) is 4.82. The molecule has 0 radical (unpaired) electrons. The summed E-state index contributed by atoms with van der Waals surface area (Å²) < 4.78 is 29.1. The Morgan fingerprint density at radius 3 is 2.62 bits per heavy atom. The van der Waals surface area contributed by atoms with Gasteiger partial charge in [0.25, 0.3) is 0 Å². The van der Waals surface area contributed by atoms with Crippen LogP contribution in [-0.4, -0.2) is 55.9 Å². The highest BCUT2D eigenvalue weighted by atomic mass is 32.2. The molecule has 0 aromatic rings. The van der Waals surface area contributed by atoms with Crippen LogP contribution in [-0.2, 0) is 19.6 Å². The molecule has 94 valence electrons. The van der Waals surface area contributed by atoms with Crippen molar-refractivity contribution in [2.45, 2.75) is 6.92 Å². The molecule has 0 rings (SSSR count). The van der Waals surface area contributed by atoms with Crippen LogP contribution in [0, 0.1) is 0 Å². The van der Waals surface area contributed by atoms with E-state index in [1.807, 2.05) is 0 Å². The van der Waals surface area contributed by atoms with Crippen LogP contribution < -0.4 is 0 Å². The minimum Gasteiger partial charge on any atom is -0.480 e. The number of carboxylic acid groups (broad SMARTS) is 1. The quantitative estimate of drug-likeness (QED) is 0.458. The summed E-state index contributed by atoms with van der Waals surface area (Å²) in [4.78, 5) is 10.5.